The molecule has 0 spiro atoms. The summed E-state index contributed by atoms with van der Waals surface area (Å²) in [5, 5.41) is 4.32. The van der Waals surface area contributed by atoms with Gasteiger partial charge in [-0.3, -0.25) is 10.9 Å². The predicted molar refractivity (Wildman–Crippen MR) is 103 cm³/mol. The molecule has 0 fully saturated rings. The summed E-state index contributed by atoms with van der Waals surface area (Å²) in [6.45, 7) is 4.75. The number of pyridine rings is 1. The molecule has 0 aliphatic carbocycles. The monoisotopic (exact) mass is 346 g/mol. The number of unbranched alkanes of at least 4 members (excludes halogenated alkanes) is 4. The van der Waals surface area contributed by atoms with Crippen molar-refractivity contribution in [1.29, 1.82) is 0 Å². The Morgan fingerprint density at radius 2 is 2.04 bits per heavy atom. The first-order valence-electron chi connectivity index (χ1n) is 9.27. The summed E-state index contributed by atoms with van der Waals surface area (Å²) < 4.78 is 4.01. The lowest BCUT2D eigenvalue weighted by Gasteiger charge is -2.09. The smallest absolute Gasteiger partial charge is 0.193 e. The third-order valence-corrected chi connectivity index (χ3v) is 4.17. The molecule has 0 aliphatic heterocycles. The van der Waals surface area contributed by atoms with E-state index in [9.17, 15) is 0 Å². The number of anilines is 3. The zero-order valence-corrected chi connectivity index (χ0v) is 15.2. The van der Waals surface area contributed by atoms with Crippen molar-refractivity contribution >= 4 is 17.2 Å². The fourth-order valence-electron chi connectivity index (χ4n) is 2.67. The van der Waals surface area contributed by atoms with E-state index < -0.39 is 0 Å². The molecule has 7 nitrogen and oxygen atoms in total. The lowest BCUT2D eigenvalue weighted by molar-refractivity contribution is -0.696. The molecule has 0 bridgehead atoms. The summed E-state index contributed by atoms with van der Waals surface area (Å²) in [4.78, 5) is 0. The minimum absolute atomic E-state index is 0.632. The maximum atomic E-state index is 6.14. The highest BCUT2D eigenvalue weighted by molar-refractivity contribution is 5.63. The average Bonchev–Trinajstić information content (AvgIpc) is 2.98. The van der Waals surface area contributed by atoms with Gasteiger partial charge in [0, 0.05) is 19.0 Å². The molecule has 0 amide bonds. The Morgan fingerprint density at radius 1 is 1.16 bits per heavy atom. The molecule has 0 saturated carbocycles. The third kappa shape index (κ3) is 6.26. The number of nitrogens with zero attached hydrogens (tertiary/aromatic N) is 3. The number of hydrazine groups is 1. The summed E-state index contributed by atoms with van der Waals surface area (Å²) in [7, 11) is 0. The fraction of sp³-hybridized carbons (Fsp3) is 0.556. The van der Waals surface area contributed by atoms with Gasteiger partial charge in [0.2, 0.25) is 0 Å². The summed E-state index contributed by atoms with van der Waals surface area (Å²) >= 11 is 0. The Hall–Kier alpha value is -2.28. The van der Waals surface area contributed by atoms with Gasteiger partial charge in [0.1, 0.15) is 23.7 Å². The first-order valence-corrected chi connectivity index (χ1v) is 9.27. The number of nitrogens with two attached hydrogens (primary N) is 2. The standard InChI is InChI=1S/C18H32N7/c1-2-3-4-6-11-24-12-8-9-16(15-24)22-23-17-14-21-25(18(17)20)13-7-5-10-19/h8-9,12,14-15,22-23H,2-7,10-11,13,19-20H2,1H3/q+1. The van der Waals surface area contributed by atoms with Gasteiger partial charge in [-0.1, -0.05) is 19.8 Å². The Balaban J connectivity index is 1.84. The van der Waals surface area contributed by atoms with E-state index in [0.29, 0.717) is 12.4 Å². The normalized spacial score (nSPS) is 10.8. The van der Waals surface area contributed by atoms with E-state index in [-0.39, 0.29) is 0 Å². The van der Waals surface area contributed by atoms with Gasteiger partial charge in [-0.05, 0) is 31.9 Å². The van der Waals surface area contributed by atoms with Crippen LogP contribution in [0, 0.1) is 0 Å². The fourth-order valence-corrected chi connectivity index (χ4v) is 2.67. The molecule has 138 valence electrons. The first-order chi connectivity index (χ1) is 12.2. The Morgan fingerprint density at radius 3 is 2.84 bits per heavy atom. The number of hydrogen-bond donors (Lipinski definition) is 4. The van der Waals surface area contributed by atoms with E-state index in [1.807, 2.05) is 12.1 Å². The molecular formula is C18H32N7+. The van der Waals surface area contributed by atoms with Crippen LogP contribution in [0.5, 0.6) is 0 Å². The molecule has 2 rings (SSSR count). The molecule has 6 N–H and O–H groups in total. The second kappa shape index (κ2) is 10.6. The van der Waals surface area contributed by atoms with E-state index in [1.54, 1.807) is 10.9 Å². The minimum atomic E-state index is 0.632. The van der Waals surface area contributed by atoms with E-state index in [4.69, 9.17) is 11.5 Å². The highest BCUT2D eigenvalue weighted by atomic mass is 15.4. The van der Waals surface area contributed by atoms with Crippen LogP contribution in [0.4, 0.5) is 17.2 Å². The topological polar surface area (TPSA) is 97.8 Å². The zero-order chi connectivity index (χ0) is 17.9. The van der Waals surface area contributed by atoms with Crippen molar-refractivity contribution in [3.8, 4) is 0 Å². The van der Waals surface area contributed by atoms with Crippen LogP contribution >= 0.6 is 0 Å². The second-order valence-corrected chi connectivity index (χ2v) is 6.30. The van der Waals surface area contributed by atoms with Crippen LogP contribution in [0.1, 0.15) is 45.4 Å². The summed E-state index contributed by atoms with van der Waals surface area (Å²) in [5.41, 5.74) is 19.8. The Kier molecular flexibility index (Phi) is 8.04. The van der Waals surface area contributed by atoms with Crippen LogP contribution in [0.25, 0.3) is 0 Å². The second-order valence-electron chi connectivity index (χ2n) is 6.30. The van der Waals surface area contributed by atoms with Gasteiger partial charge in [0.25, 0.3) is 0 Å². The first kappa shape index (κ1) is 19.1. The predicted octanol–water partition coefficient (Wildman–Crippen LogP) is 2.51. The summed E-state index contributed by atoms with van der Waals surface area (Å²) in [6.07, 6.45) is 12.9. The zero-order valence-electron chi connectivity index (χ0n) is 15.2. The van der Waals surface area contributed by atoms with Crippen molar-refractivity contribution in [2.75, 3.05) is 23.1 Å². The molecule has 0 unspecified atom stereocenters. The molecule has 0 aromatic carbocycles. The largest absolute Gasteiger partial charge is 0.382 e. The van der Waals surface area contributed by atoms with Gasteiger partial charge in [-0.2, -0.15) is 5.10 Å². The lowest BCUT2D eigenvalue weighted by Crippen LogP contribution is -2.33. The van der Waals surface area contributed by atoms with Crippen molar-refractivity contribution in [3.05, 3.63) is 30.7 Å². The molecule has 2 aromatic heterocycles. The molecule has 0 aliphatic rings. The molecule has 0 atom stereocenters. The number of rotatable bonds is 12. The van der Waals surface area contributed by atoms with Gasteiger partial charge < -0.3 is 11.5 Å². The maximum Gasteiger partial charge on any atom is 0.193 e. The number of aryl methyl sites for hydroxylation is 2. The van der Waals surface area contributed by atoms with Crippen LogP contribution in [0.2, 0.25) is 0 Å². The lowest BCUT2D eigenvalue weighted by atomic mass is 10.2. The van der Waals surface area contributed by atoms with Crippen LogP contribution in [0.15, 0.2) is 30.7 Å². The molecule has 0 saturated heterocycles. The Bertz CT molecular complexity index is 624. The van der Waals surface area contributed by atoms with E-state index in [1.165, 1.54) is 25.7 Å². The summed E-state index contributed by atoms with van der Waals surface area (Å²) in [6, 6.07) is 4.07. The number of nitrogen functional groups attached to an aromatic ring is 1. The van der Waals surface area contributed by atoms with Gasteiger partial charge in [-0.25, -0.2) is 9.25 Å². The van der Waals surface area contributed by atoms with E-state index >= 15 is 0 Å². The van der Waals surface area contributed by atoms with Crippen LogP contribution < -0.4 is 26.9 Å². The summed E-state index contributed by atoms with van der Waals surface area (Å²) in [5.74, 6) is 0.632. The number of nitrogens with one attached hydrogen (secondary N) is 2. The molecule has 2 heterocycles. The number of aromatic nitrogens is 3. The van der Waals surface area contributed by atoms with Crippen molar-refractivity contribution < 1.29 is 4.57 Å². The van der Waals surface area contributed by atoms with Crippen LogP contribution in [-0.4, -0.2) is 16.3 Å². The Labute approximate surface area is 150 Å². The highest BCUT2D eigenvalue weighted by Crippen LogP contribution is 2.18. The van der Waals surface area contributed by atoms with Crippen LogP contribution in [-0.2, 0) is 13.1 Å². The van der Waals surface area contributed by atoms with Gasteiger partial charge in [0.15, 0.2) is 12.4 Å². The van der Waals surface area contributed by atoms with Crippen molar-refractivity contribution in [3.63, 3.8) is 0 Å². The van der Waals surface area contributed by atoms with Crippen molar-refractivity contribution in [2.45, 2.75) is 58.5 Å². The average molecular weight is 347 g/mol. The maximum absolute atomic E-state index is 6.14. The molecule has 7 heteroatoms. The van der Waals surface area contributed by atoms with Crippen molar-refractivity contribution in [1.82, 2.24) is 9.78 Å². The SMILES string of the molecule is CCCCCC[n+]1cccc(NNc2cnn(CCCCN)c2N)c1. The molecule has 0 radical (unpaired) electrons. The van der Waals surface area contributed by atoms with Gasteiger partial charge in [0.05, 0.1) is 6.20 Å². The molecular weight excluding hydrogens is 314 g/mol. The van der Waals surface area contributed by atoms with Crippen LogP contribution in [0.3, 0.4) is 0 Å². The van der Waals surface area contributed by atoms with Gasteiger partial charge in [-0.15, -0.1) is 0 Å². The van der Waals surface area contributed by atoms with E-state index in [2.05, 4.69) is 39.8 Å². The van der Waals surface area contributed by atoms with Gasteiger partial charge >= 0.3 is 0 Å². The minimum Gasteiger partial charge on any atom is -0.382 e. The highest BCUT2D eigenvalue weighted by Gasteiger charge is 2.08. The van der Waals surface area contributed by atoms with Crippen molar-refractivity contribution in [2.24, 2.45) is 5.73 Å². The van der Waals surface area contributed by atoms with E-state index in [0.717, 1.165) is 37.3 Å². The molecule has 2 aromatic rings. The number of hydrogen-bond acceptors (Lipinski definition) is 5. The quantitative estimate of drug-likeness (QED) is 0.269. The third-order valence-electron chi connectivity index (χ3n) is 4.17. The molecule has 25 heavy (non-hydrogen) atoms.